The molecule has 1 aromatic carbocycles. The molecule has 2 N–H and O–H groups in total. The van der Waals surface area contributed by atoms with Gasteiger partial charge in [0, 0.05) is 31.5 Å². The first-order chi connectivity index (χ1) is 18.4. The first-order valence-electron chi connectivity index (χ1n) is 14.0. The number of hydrazine groups is 1. The zero-order chi connectivity index (χ0) is 26.4. The molecule has 1 spiro atoms. The zero-order valence-corrected chi connectivity index (χ0v) is 21.9. The number of phenols is 1. The van der Waals surface area contributed by atoms with Crippen molar-refractivity contribution >= 4 is 12.0 Å². The highest BCUT2D eigenvalue weighted by Crippen LogP contribution is 2.59. The first kappa shape index (κ1) is 25.1. The minimum absolute atomic E-state index is 0.125. The highest BCUT2D eigenvalue weighted by atomic mass is 16.7. The SMILES string of the molecule is CC1CC[C@H]2OC3=C4[C@H](CCC3)CN(N(C(=O)O)[C@H]3CCN(OCCc5ccccc5O)C3=O)C=CC42C1. The molecule has 1 aromatic rings. The molecular formula is C29H37N3O6. The van der Waals surface area contributed by atoms with Gasteiger partial charge in [0.05, 0.1) is 24.3 Å². The Morgan fingerprint density at radius 1 is 1.24 bits per heavy atom. The van der Waals surface area contributed by atoms with Crippen molar-refractivity contribution < 1.29 is 29.4 Å². The lowest BCUT2D eigenvalue weighted by atomic mass is 9.61. The van der Waals surface area contributed by atoms with E-state index in [4.69, 9.17) is 9.57 Å². The number of hydrogen-bond acceptors (Lipinski definition) is 6. The van der Waals surface area contributed by atoms with Crippen LogP contribution < -0.4 is 0 Å². The maximum atomic E-state index is 13.3. The first-order valence-corrected chi connectivity index (χ1v) is 14.0. The molecule has 2 amide bonds. The molecule has 2 fully saturated rings. The van der Waals surface area contributed by atoms with E-state index in [0.717, 1.165) is 49.8 Å². The Hall–Kier alpha value is -3.20. The van der Waals surface area contributed by atoms with E-state index in [1.54, 1.807) is 17.1 Å². The lowest BCUT2D eigenvalue weighted by Gasteiger charge is -2.41. The summed E-state index contributed by atoms with van der Waals surface area (Å²) in [4.78, 5) is 31.7. The van der Waals surface area contributed by atoms with E-state index >= 15 is 0 Å². The number of aromatic hydroxyl groups is 1. The van der Waals surface area contributed by atoms with Crippen LogP contribution in [-0.4, -0.2) is 69.1 Å². The summed E-state index contributed by atoms with van der Waals surface area (Å²) in [6.45, 7) is 3.35. The molecule has 3 aliphatic heterocycles. The predicted octanol–water partition coefficient (Wildman–Crippen LogP) is 4.45. The number of phenolic OH excluding ortho intramolecular Hbond substituents is 1. The quantitative estimate of drug-likeness (QED) is 0.568. The molecule has 3 heterocycles. The van der Waals surface area contributed by atoms with E-state index in [9.17, 15) is 19.8 Å². The standard InChI is InChI=1S/C29H37N3O6/c1-19-9-10-25-29(17-19)13-15-30(18-21-6-4-8-24(38-25)26(21)29)32(28(35)36)22-11-14-31(27(22)34)37-16-12-20-5-2-3-7-23(20)33/h2-3,5,7,13,15,19,21-22,25,33H,4,6,8-12,14,16-18H2,1H3,(H,35,36)/t19?,21-,22+,25-,29?/m1/s1. The molecule has 6 rings (SSSR count). The molecule has 0 bridgehead atoms. The van der Waals surface area contributed by atoms with Crippen molar-refractivity contribution in [1.29, 1.82) is 0 Å². The number of carbonyl (C=O) groups excluding carboxylic acids is 1. The Balaban J connectivity index is 1.20. The predicted molar refractivity (Wildman–Crippen MR) is 138 cm³/mol. The van der Waals surface area contributed by atoms with Gasteiger partial charge in [-0.2, -0.15) is 0 Å². The van der Waals surface area contributed by atoms with E-state index in [1.807, 2.05) is 18.3 Å². The van der Waals surface area contributed by atoms with Crippen LogP contribution in [0.1, 0.15) is 57.4 Å². The van der Waals surface area contributed by atoms with Gasteiger partial charge >= 0.3 is 6.09 Å². The zero-order valence-electron chi connectivity index (χ0n) is 21.9. The second-order valence-corrected chi connectivity index (χ2v) is 11.5. The number of hydrogen-bond donors (Lipinski definition) is 2. The van der Waals surface area contributed by atoms with E-state index < -0.39 is 12.1 Å². The third-order valence-electron chi connectivity index (χ3n) is 9.10. The molecule has 2 aliphatic carbocycles. The van der Waals surface area contributed by atoms with E-state index in [1.165, 1.54) is 15.6 Å². The summed E-state index contributed by atoms with van der Waals surface area (Å²) < 4.78 is 6.52. The van der Waals surface area contributed by atoms with Gasteiger partial charge in [-0.05, 0) is 61.6 Å². The largest absolute Gasteiger partial charge is 0.508 e. The number of para-hydroxylation sites is 1. The minimum atomic E-state index is -1.14. The molecule has 1 saturated carbocycles. The number of allylic oxidation sites excluding steroid dienone is 1. The van der Waals surface area contributed by atoms with Crippen molar-refractivity contribution in [3.63, 3.8) is 0 Å². The minimum Gasteiger partial charge on any atom is -0.508 e. The molecule has 2 unspecified atom stereocenters. The van der Waals surface area contributed by atoms with Crippen molar-refractivity contribution in [2.75, 3.05) is 19.7 Å². The van der Waals surface area contributed by atoms with Crippen LogP contribution in [0.15, 0.2) is 47.9 Å². The fourth-order valence-corrected chi connectivity index (χ4v) is 7.42. The van der Waals surface area contributed by atoms with Crippen molar-refractivity contribution in [3.8, 4) is 5.75 Å². The summed E-state index contributed by atoms with van der Waals surface area (Å²) >= 11 is 0. The maximum Gasteiger partial charge on any atom is 0.427 e. The van der Waals surface area contributed by atoms with E-state index in [0.29, 0.717) is 31.8 Å². The van der Waals surface area contributed by atoms with Gasteiger partial charge in [0.2, 0.25) is 0 Å². The Morgan fingerprint density at radius 3 is 2.89 bits per heavy atom. The smallest absolute Gasteiger partial charge is 0.427 e. The molecule has 9 nitrogen and oxygen atoms in total. The van der Waals surface area contributed by atoms with E-state index in [-0.39, 0.29) is 35.7 Å². The molecular weight excluding hydrogens is 486 g/mol. The number of carboxylic acid groups (broad SMARTS) is 1. The van der Waals surface area contributed by atoms with Gasteiger partial charge in [-0.3, -0.25) is 14.6 Å². The van der Waals surface area contributed by atoms with Gasteiger partial charge in [-0.25, -0.2) is 14.9 Å². The maximum absolute atomic E-state index is 13.3. The van der Waals surface area contributed by atoms with Crippen LogP contribution in [0.4, 0.5) is 4.79 Å². The topological polar surface area (TPSA) is 103 Å². The van der Waals surface area contributed by atoms with Gasteiger partial charge in [0.25, 0.3) is 5.91 Å². The number of carbonyl (C=O) groups is 2. The van der Waals surface area contributed by atoms with Crippen LogP contribution in [0.3, 0.4) is 0 Å². The third-order valence-corrected chi connectivity index (χ3v) is 9.10. The molecule has 5 aliphatic rings. The molecule has 1 saturated heterocycles. The Labute approximate surface area is 223 Å². The van der Waals surface area contributed by atoms with Crippen LogP contribution in [0.5, 0.6) is 5.75 Å². The molecule has 9 heteroatoms. The van der Waals surface area contributed by atoms with Gasteiger partial charge in [-0.15, -0.1) is 0 Å². The second-order valence-electron chi connectivity index (χ2n) is 11.5. The Morgan fingerprint density at radius 2 is 2.08 bits per heavy atom. The molecule has 5 atom stereocenters. The van der Waals surface area contributed by atoms with Crippen LogP contribution in [0.25, 0.3) is 0 Å². The number of nitrogens with zero attached hydrogens (tertiary/aromatic N) is 3. The fourth-order valence-electron chi connectivity index (χ4n) is 7.42. The van der Waals surface area contributed by atoms with Crippen molar-refractivity contribution in [2.45, 2.75) is 70.4 Å². The van der Waals surface area contributed by atoms with Gasteiger partial charge in [0.15, 0.2) is 0 Å². The second kappa shape index (κ2) is 9.84. The normalized spacial score (nSPS) is 32.1. The number of benzene rings is 1. The number of ether oxygens (including phenoxy) is 1. The van der Waals surface area contributed by atoms with Crippen molar-refractivity contribution in [1.82, 2.24) is 15.1 Å². The van der Waals surface area contributed by atoms with Crippen LogP contribution in [0, 0.1) is 17.3 Å². The van der Waals surface area contributed by atoms with Gasteiger partial charge in [0.1, 0.15) is 17.9 Å². The average Bonchev–Trinajstić information content (AvgIpc) is 3.35. The monoisotopic (exact) mass is 523 g/mol. The Bertz CT molecular complexity index is 1170. The van der Waals surface area contributed by atoms with Crippen molar-refractivity contribution in [2.24, 2.45) is 17.3 Å². The summed E-state index contributed by atoms with van der Waals surface area (Å²) in [6.07, 6.45) is 10.1. The van der Waals surface area contributed by atoms with Crippen LogP contribution in [0.2, 0.25) is 0 Å². The third kappa shape index (κ3) is 4.21. The number of rotatable bonds is 6. The number of amides is 2. The highest BCUT2D eigenvalue weighted by Gasteiger charge is 2.56. The van der Waals surface area contributed by atoms with Gasteiger partial charge < -0.3 is 14.9 Å². The summed E-state index contributed by atoms with van der Waals surface area (Å²) in [5, 5.41) is 24.6. The molecule has 204 valence electrons. The van der Waals surface area contributed by atoms with Crippen LogP contribution in [-0.2, 0) is 20.8 Å². The van der Waals surface area contributed by atoms with Crippen LogP contribution >= 0.6 is 0 Å². The lowest BCUT2D eigenvalue weighted by Crippen LogP contribution is -2.53. The number of hydroxylamine groups is 2. The van der Waals surface area contributed by atoms with Gasteiger partial charge in [-0.1, -0.05) is 31.2 Å². The summed E-state index contributed by atoms with van der Waals surface area (Å²) in [5.74, 6) is 1.76. The average molecular weight is 524 g/mol. The molecule has 0 aromatic heterocycles. The molecule has 38 heavy (non-hydrogen) atoms. The highest BCUT2D eigenvalue weighted by molar-refractivity contribution is 5.86. The summed E-state index contributed by atoms with van der Waals surface area (Å²) in [5.41, 5.74) is 1.95. The lowest BCUT2D eigenvalue weighted by molar-refractivity contribution is -0.181. The summed E-state index contributed by atoms with van der Waals surface area (Å²) in [7, 11) is 0. The van der Waals surface area contributed by atoms with Crippen molar-refractivity contribution in [3.05, 3.63) is 53.4 Å². The fraction of sp³-hybridized carbons (Fsp3) is 0.586. The summed E-state index contributed by atoms with van der Waals surface area (Å²) in [6, 6.07) is 6.19. The van der Waals surface area contributed by atoms with E-state index in [2.05, 4.69) is 13.0 Å². The Kier molecular flexibility index (Phi) is 6.50. The molecule has 0 radical (unpaired) electrons.